The van der Waals surface area contributed by atoms with Crippen molar-refractivity contribution in [3.05, 3.63) is 18.3 Å². The molecule has 1 amide bonds. The van der Waals surface area contributed by atoms with E-state index in [2.05, 4.69) is 9.72 Å². The van der Waals surface area contributed by atoms with Crippen LogP contribution >= 0.6 is 0 Å². The standard InChI is InChI=1S/C11H12N2O4/c1-17-11(16)7-5-9(15)13(6-7)10-8(14)3-2-4-12-10/h2-4,7,14H,5-6H2,1H3. The average molecular weight is 236 g/mol. The zero-order valence-electron chi connectivity index (χ0n) is 9.29. The number of methoxy groups -OCH3 is 1. The molecule has 1 saturated heterocycles. The first kappa shape index (κ1) is 11.4. The van der Waals surface area contributed by atoms with E-state index in [0.29, 0.717) is 0 Å². The summed E-state index contributed by atoms with van der Waals surface area (Å²) in [5.74, 6) is -1.05. The van der Waals surface area contributed by atoms with E-state index in [1.54, 1.807) is 6.07 Å². The number of carbonyl (C=O) groups is 2. The maximum Gasteiger partial charge on any atom is 0.311 e. The minimum absolute atomic E-state index is 0.0774. The molecule has 1 aromatic rings. The summed E-state index contributed by atoms with van der Waals surface area (Å²) < 4.78 is 4.60. The average Bonchev–Trinajstić information content (AvgIpc) is 2.71. The number of hydrogen-bond acceptors (Lipinski definition) is 5. The monoisotopic (exact) mass is 236 g/mol. The lowest BCUT2D eigenvalue weighted by Crippen LogP contribution is -2.27. The molecule has 0 spiro atoms. The number of aromatic nitrogens is 1. The van der Waals surface area contributed by atoms with E-state index in [0.717, 1.165) is 0 Å². The molecule has 2 rings (SSSR count). The van der Waals surface area contributed by atoms with Gasteiger partial charge in [-0.1, -0.05) is 0 Å². The first-order valence-electron chi connectivity index (χ1n) is 5.15. The number of nitrogens with zero attached hydrogens (tertiary/aromatic N) is 2. The molecule has 1 aliphatic heterocycles. The summed E-state index contributed by atoms with van der Waals surface area (Å²) >= 11 is 0. The normalized spacial score (nSPS) is 19.5. The van der Waals surface area contributed by atoms with Gasteiger partial charge >= 0.3 is 5.97 Å². The lowest BCUT2D eigenvalue weighted by Gasteiger charge is -2.15. The molecule has 0 aromatic carbocycles. The van der Waals surface area contributed by atoms with Crippen molar-refractivity contribution >= 4 is 17.7 Å². The highest BCUT2D eigenvalue weighted by molar-refractivity contribution is 5.99. The third-order valence-electron chi connectivity index (χ3n) is 2.68. The fraction of sp³-hybridized carbons (Fsp3) is 0.364. The summed E-state index contributed by atoms with van der Waals surface area (Å²) in [5.41, 5.74) is 0. The van der Waals surface area contributed by atoms with Crippen LogP contribution in [0.25, 0.3) is 0 Å². The molecule has 1 fully saturated rings. The Labute approximate surface area is 97.8 Å². The molecule has 6 heteroatoms. The Balaban J connectivity index is 2.22. The number of rotatable bonds is 2. The van der Waals surface area contributed by atoms with Crippen molar-refractivity contribution in [3.63, 3.8) is 0 Å². The molecular weight excluding hydrogens is 224 g/mol. The fourth-order valence-corrected chi connectivity index (χ4v) is 1.83. The predicted molar refractivity (Wildman–Crippen MR) is 58.4 cm³/mol. The molecule has 1 N–H and O–H groups in total. The first-order valence-corrected chi connectivity index (χ1v) is 5.15. The highest BCUT2D eigenvalue weighted by Crippen LogP contribution is 2.30. The zero-order chi connectivity index (χ0) is 12.4. The molecular formula is C11H12N2O4. The molecule has 1 aliphatic rings. The molecule has 0 saturated carbocycles. The third-order valence-corrected chi connectivity index (χ3v) is 2.68. The van der Waals surface area contributed by atoms with Gasteiger partial charge in [-0.3, -0.25) is 14.5 Å². The topological polar surface area (TPSA) is 79.7 Å². The van der Waals surface area contributed by atoms with Gasteiger partial charge in [0.05, 0.1) is 13.0 Å². The van der Waals surface area contributed by atoms with Gasteiger partial charge in [0.2, 0.25) is 5.91 Å². The van der Waals surface area contributed by atoms with Crippen LogP contribution in [0, 0.1) is 5.92 Å². The molecule has 90 valence electrons. The van der Waals surface area contributed by atoms with Crippen molar-refractivity contribution in [2.45, 2.75) is 6.42 Å². The van der Waals surface area contributed by atoms with Crippen LogP contribution in [0.5, 0.6) is 5.75 Å². The Morgan fingerprint density at radius 2 is 2.41 bits per heavy atom. The van der Waals surface area contributed by atoms with Gasteiger partial charge < -0.3 is 9.84 Å². The van der Waals surface area contributed by atoms with Crippen LogP contribution in [0.1, 0.15) is 6.42 Å². The molecule has 2 heterocycles. The van der Waals surface area contributed by atoms with E-state index in [1.807, 2.05) is 0 Å². The molecule has 0 radical (unpaired) electrons. The summed E-state index contributed by atoms with van der Waals surface area (Å²) in [6.45, 7) is 0.191. The largest absolute Gasteiger partial charge is 0.504 e. The van der Waals surface area contributed by atoms with Crippen LogP contribution < -0.4 is 4.90 Å². The number of ether oxygens (including phenoxy) is 1. The first-order chi connectivity index (χ1) is 8.13. The summed E-state index contributed by atoms with van der Waals surface area (Å²) in [7, 11) is 1.29. The van der Waals surface area contributed by atoms with Crippen molar-refractivity contribution < 1.29 is 19.4 Å². The maximum atomic E-state index is 11.7. The van der Waals surface area contributed by atoms with E-state index in [1.165, 1.54) is 24.3 Å². The lowest BCUT2D eigenvalue weighted by molar-refractivity contribution is -0.145. The van der Waals surface area contributed by atoms with Crippen LogP contribution in [-0.2, 0) is 14.3 Å². The van der Waals surface area contributed by atoms with Crippen LogP contribution in [0.4, 0.5) is 5.82 Å². The van der Waals surface area contributed by atoms with Crippen molar-refractivity contribution in [2.75, 3.05) is 18.6 Å². The van der Waals surface area contributed by atoms with Crippen LogP contribution in [0.2, 0.25) is 0 Å². The molecule has 0 bridgehead atoms. The summed E-state index contributed by atoms with van der Waals surface area (Å²) in [6.07, 6.45) is 1.57. The Kier molecular flexibility index (Phi) is 2.95. The predicted octanol–water partition coefficient (Wildman–Crippen LogP) is 0.313. The summed E-state index contributed by atoms with van der Waals surface area (Å²) in [6, 6.07) is 3.01. The number of anilines is 1. The van der Waals surface area contributed by atoms with Gasteiger partial charge in [0, 0.05) is 19.2 Å². The smallest absolute Gasteiger partial charge is 0.311 e. The van der Waals surface area contributed by atoms with E-state index in [4.69, 9.17) is 0 Å². The van der Waals surface area contributed by atoms with Crippen molar-refractivity contribution in [1.82, 2.24) is 4.98 Å². The molecule has 1 atom stereocenters. The van der Waals surface area contributed by atoms with E-state index >= 15 is 0 Å². The number of amides is 1. The minimum atomic E-state index is -0.492. The zero-order valence-corrected chi connectivity index (χ0v) is 9.29. The Bertz CT molecular complexity index is 461. The van der Waals surface area contributed by atoms with Crippen LogP contribution in [-0.4, -0.2) is 35.6 Å². The van der Waals surface area contributed by atoms with Crippen LogP contribution in [0.3, 0.4) is 0 Å². The van der Waals surface area contributed by atoms with Gasteiger partial charge in [-0.2, -0.15) is 0 Å². The van der Waals surface area contributed by atoms with Crippen LogP contribution in [0.15, 0.2) is 18.3 Å². The number of carbonyl (C=O) groups excluding carboxylic acids is 2. The number of esters is 1. The molecule has 17 heavy (non-hydrogen) atoms. The highest BCUT2D eigenvalue weighted by atomic mass is 16.5. The minimum Gasteiger partial charge on any atom is -0.504 e. The fourth-order valence-electron chi connectivity index (χ4n) is 1.83. The van der Waals surface area contributed by atoms with Crippen molar-refractivity contribution in [1.29, 1.82) is 0 Å². The van der Waals surface area contributed by atoms with E-state index in [9.17, 15) is 14.7 Å². The second-order valence-electron chi connectivity index (χ2n) is 3.77. The van der Waals surface area contributed by atoms with E-state index in [-0.39, 0.29) is 30.4 Å². The van der Waals surface area contributed by atoms with Crippen molar-refractivity contribution in [3.8, 4) is 5.75 Å². The highest BCUT2D eigenvalue weighted by Gasteiger charge is 2.37. The van der Waals surface area contributed by atoms with Gasteiger partial charge in [0.15, 0.2) is 11.6 Å². The Morgan fingerprint density at radius 1 is 1.65 bits per heavy atom. The second kappa shape index (κ2) is 4.40. The molecule has 6 nitrogen and oxygen atoms in total. The van der Waals surface area contributed by atoms with Gasteiger partial charge in [-0.15, -0.1) is 0 Å². The SMILES string of the molecule is COC(=O)C1CC(=O)N(c2ncccc2O)C1. The molecule has 1 aromatic heterocycles. The Hall–Kier alpha value is -2.11. The van der Waals surface area contributed by atoms with Gasteiger partial charge in [0.25, 0.3) is 0 Å². The molecule has 1 unspecified atom stereocenters. The van der Waals surface area contributed by atoms with Gasteiger partial charge in [-0.05, 0) is 12.1 Å². The van der Waals surface area contributed by atoms with Gasteiger partial charge in [-0.25, -0.2) is 4.98 Å². The lowest BCUT2D eigenvalue weighted by atomic mass is 10.1. The third kappa shape index (κ3) is 2.06. The summed E-state index contributed by atoms with van der Waals surface area (Å²) in [4.78, 5) is 28.3. The number of aromatic hydroxyl groups is 1. The number of pyridine rings is 1. The maximum absolute atomic E-state index is 11.7. The second-order valence-corrected chi connectivity index (χ2v) is 3.77. The number of hydrogen-bond donors (Lipinski definition) is 1. The van der Waals surface area contributed by atoms with Gasteiger partial charge in [0.1, 0.15) is 0 Å². The van der Waals surface area contributed by atoms with E-state index < -0.39 is 11.9 Å². The molecule has 0 aliphatic carbocycles. The Morgan fingerprint density at radius 3 is 3.06 bits per heavy atom. The quantitative estimate of drug-likeness (QED) is 0.748. The summed E-state index contributed by atoms with van der Waals surface area (Å²) in [5, 5.41) is 9.60. The van der Waals surface area contributed by atoms with Crippen molar-refractivity contribution in [2.24, 2.45) is 5.92 Å².